The van der Waals surface area contributed by atoms with Crippen molar-refractivity contribution in [2.24, 2.45) is 0 Å². The molecule has 0 saturated carbocycles. The van der Waals surface area contributed by atoms with E-state index in [1.807, 2.05) is 0 Å². The highest BCUT2D eigenvalue weighted by molar-refractivity contribution is 5.75. The summed E-state index contributed by atoms with van der Waals surface area (Å²) >= 11 is 0. The standard InChI is InChI=1S/C10H7NO4/c12-5-7-3-8-4-9(11(13)14)1-2-10(8)15-6-7/h1-2,4-6H,3H2. The van der Waals surface area contributed by atoms with Crippen LogP contribution in [0, 0.1) is 10.1 Å². The van der Waals surface area contributed by atoms with E-state index in [-0.39, 0.29) is 5.69 Å². The van der Waals surface area contributed by atoms with Gasteiger partial charge in [-0.2, -0.15) is 0 Å². The summed E-state index contributed by atoms with van der Waals surface area (Å²) < 4.78 is 5.15. The third-order valence-corrected chi connectivity index (χ3v) is 2.14. The Labute approximate surface area is 85.1 Å². The zero-order valence-electron chi connectivity index (χ0n) is 7.67. The topological polar surface area (TPSA) is 69.4 Å². The first-order chi connectivity index (χ1) is 7.20. The molecular formula is C10H7NO4. The maximum absolute atomic E-state index is 10.5. The third kappa shape index (κ3) is 1.71. The lowest BCUT2D eigenvalue weighted by molar-refractivity contribution is -0.384. The van der Waals surface area contributed by atoms with Crippen LogP contribution in [0.1, 0.15) is 5.56 Å². The zero-order valence-corrected chi connectivity index (χ0v) is 7.67. The highest BCUT2D eigenvalue weighted by Crippen LogP contribution is 2.29. The van der Waals surface area contributed by atoms with Gasteiger partial charge < -0.3 is 4.74 Å². The normalized spacial score (nSPS) is 13.5. The molecule has 0 aliphatic carbocycles. The van der Waals surface area contributed by atoms with Gasteiger partial charge in [0.25, 0.3) is 5.69 Å². The Kier molecular flexibility index (Phi) is 2.21. The Bertz CT molecular complexity index is 464. The van der Waals surface area contributed by atoms with Crippen LogP contribution >= 0.6 is 0 Å². The van der Waals surface area contributed by atoms with E-state index in [2.05, 4.69) is 0 Å². The van der Waals surface area contributed by atoms with Gasteiger partial charge in [-0.1, -0.05) is 0 Å². The van der Waals surface area contributed by atoms with Crippen molar-refractivity contribution in [1.82, 2.24) is 0 Å². The number of nitro groups is 1. The number of non-ortho nitro benzene ring substituents is 1. The number of nitrogens with zero attached hydrogens (tertiary/aromatic N) is 1. The van der Waals surface area contributed by atoms with Gasteiger partial charge in [0, 0.05) is 29.7 Å². The number of fused-ring (bicyclic) bond motifs is 1. The Hall–Kier alpha value is -2.17. The second-order valence-corrected chi connectivity index (χ2v) is 3.15. The molecule has 5 nitrogen and oxygen atoms in total. The van der Waals surface area contributed by atoms with Crippen LogP contribution in [0.15, 0.2) is 30.0 Å². The van der Waals surface area contributed by atoms with Crippen LogP contribution in [-0.2, 0) is 11.2 Å². The van der Waals surface area contributed by atoms with Crippen molar-refractivity contribution in [3.8, 4) is 5.75 Å². The summed E-state index contributed by atoms with van der Waals surface area (Å²) in [7, 11) is 0. The van der Waals surface area contributed by atoms with Crippen LogP contribution in [0.25, 0.3) is 0 Å². The number of ether oxygens (including phenoxy) is 1. The molecule has 1 heterocycles. The maximum atomic E-state index is 10.5. The van der Waals surface area contributed by atoms with Gasteiger partial charge in [-0.25, -0.2) is 0 Å². The summed E-state index contributed by atoms with van der Waals surface area (Å²) in [5.41, 5.74) is 1.14. The highest BCUT2D eigenvalue weighted by atomic mass is 16.6. The number of carbonyl (C=O) groups excluding carboxylic acids is 1. The Morgan fingerprint density at radius 3 is 2.93 bits per heavy atom. The lowest BCUT2D eigenvalue weighted by Gasteiger charge is -2.13. The molecule has 0 amide bonds. The summed E-state index contributed by atoms with van der Waals surface area (Å²) in [6.45, 7) is 0. The van der Waals surface area contributed by atoms with Crippen LogP contribution in [0.4, 0.5) is 5.69 Å². The van der Waals surface area contributed by atoms with E-state index in [0.717, 1.165) is 0 Å². The summed E-state index contributed by atoms with van der Waals surface area (Å²) in [5.74, 6) is 0.561. The van der Waals surface area contributed by atoms with Gasteiger partial charge >= 0.3 is 0 Å². The van der Waals surface area contributed by atoms with Gasteiger partial charge in [0.1, 0.15) is 12.0 Å². The molecular weight excluding hydrogens is 198 g/mol. The molecule has 0 bridgehead atoms. The molecule has 0 radical (unpaired) electrons. The fourth-order valence-corrected chi connectivity index (χ4v) is 1.40. The molecule has 76 valence electrons. The van der Waals surface area contributed by atoms with Crippen molar-refractivity contribution in [2.75, 3.05) is 0 Å². The number of allylic oxidation sites excluding steroid dienone is 1. The molecule has 0 aromatic heterocycles. The van der Waals surface area contributed by atoms with Gasteiger partial charge in [0.2, 0.25) is 0 Å². The number of rotatable bonds is 2. The minimum Gasteiger partial charge on any atom is -0.464 e. The van der Waals surface area contributed by atoms with Gasteiger partial charge in [0.15, 0.2) is 0 Å². The fraction of sp³-hybridized carbons (Fsp3) is 0.100. The molecule has 0 atom stereocenters. The number of hydrogen-bond donors (Lipinski definition) is 0. The van der Waals surface area contributed by atoms with Crippen LogP contribution < -0.4 is 4.74 Å². The van der Waals surface area contributed by atoms with Crippen LogP contribution in [0.3, 0.4) is 0 Å². The van der Waals surface area contributed by atoms with Gasteiger partial charge in [-0.05, 0) is 6.07 Å². The molecule has 0 N–H and O–H groups in total. The molecule has 0 unspecified atom stereocenters. The first-order valence-corrected chi connectivity index (χ1v) is 4.29. The second-order valence-electron chi connectivity index (χ2n) is 3.15. The lowest BCUT2D eigenvalue weighted by Crippen LogP contribution is -2.04. The predicted molar refractivity (Wildman–Crippen MR) is 51.6 cm³/mol. The smallest absolute Gasteiger partial charge is 0.269 e. The van der Waals surface area contributed by atoms with E-state index in [1.54, 1.807) is 0 Å². The van der Waals surface area contributed by atoms with Crippen molar-refractivity contribution in [3.63, 3.8) is 0 Å². The van der Waals surface area contributed by atoms with Crippen LogP contribution in [0.2, 0.25) is 0 Å². The SMILES string of the molecule is O=CC1=COc2ccc([N+](=O)[O-])cc2C1. The molecule has 1 aromatic carbocycles. The summed E-state index contributed by atoms with van der Waals surface area (Å²) in [4.78, 5) is 20.6. The van der Waals surface area contributed by atoms with Crippen molar-refractivity contribution >= 4 is 12.0 Å². The molecule has 1 aromatic rings. The van der Waals surface area contributed by atoms with Gasteiger partial charge in [-0.15, -0.1) is 0 Å². The lowest BCUT2D eigenvalue weighted by atomic mass is 10.0. The zero-order chi connectivity index (χ0) is 10.8. The highest BCUT2D eigenvalue weighted by Gasteiger charge is 2.16. The third-order valence-electron chi connectivity index (χ3n) is 2.14. The van der Waals surface area contributed by atoms with Crippen molar-refractivity contribution in [2.45, 2.75) is 6.42 Å². The summed E-state index contributed by atoms with van der Waals surface area (Å²) in [5, 5.41) is 10.5. The van der Waals surface area contributed by atoms with E-state index < -0.39 is 4.92 Å². The first-order valence-electron chi connectivity index (χ1n) is 4.29. The Morgan fingerprint density at radius 1 is 1.47 bits per heavy atom. The fourth-order valence-electron chi connectivity index (χ4n) is 1.40. The van der Waals surface area contributed by atoms with E-state index in [9.17, 15) is 14.9 Å². The van der Waals surface area contributed by atoms with Gasteiger partial charge in [-0.3, -0.25) is 14.9 Å². The number of hydrogen-bond acceptors (Lipinski definition) is 4. The largest absolute Gasteiger partial charge is 0.464 e. The molecule has 1 aliphatic heterocycles. The van der Waals surface area contributed by atoms with Crippen molar-refractivity contribution < 1.29 is 14.5 Å². The molecule has 5 heteroatoms. The quantitative estimate of drug-likeness (QED) is 0.418. The van der Waals surface area contributed by atoms with E-state index >= 15 is 0 Å². The molecule has 2 rings (SSSR count). The van der Waals surface area contributed by atoms with Gasteiger partial charge in [0.05, 0.1) is 11.2 Å². The van der Waals surface area contributed by atoms with Crippen LogP contribution in [-0.4, -0.2) is 11.2 Å². The average molecular weight is 205 g/mol. The predicted octanol–water partition coefficient (Wildman–Crippen LogP) is 1.61. The summed E-state index contributed by atoms with van der Waals surface area (Å²) in [6, 6.07) is 4.33. The molecule has 0 saturated heterocycles. The second kappa shape index (κ2) is 3.53. The number of carbonyl (C=O) groups is 1. The first kappa shape index (κ1) is 9.39. The Balaban J connectivity index is 2.39. The maximum Gasteiger partial charge on any atom is 0.269 e. The van der Waals surface area contributed by atoms with E-state index in [4.69, 9.17) is 4.74 Å². The molecule has 15 heavy (non-hydrogen) atoms. The van der Waals surface area contributed by atoms with Crippen molar-refractivity contribution in [1.29, 1.82) is 0 Å². The van der Waals surface area contributed by atoms with E-state index in [0.29, 0.717) is 29.6 Å². The summed E-state index contributed by atoms with van der Waals surface area (Å²) in [6.07, 6.45) is 2.42. The minimum absolute atomic E-state index is 0.00417. The van der Waals surface area contributed by atoms with Crippen molar-refractivity contribution in [3.05, 3.63) is 45.7 Å². The van der Waals surface area contributed by atoms with Crippen LogP contribution in [0.5, 0.6) is 5.75 Å². The minimum atomic E-state index is -0.473. The van der Waals surface area contributed by atoms with E-state index in [1.165, 1.54) is 24.5 Å². The molecule has 1 aliphatic rings. The number of aldehydes is 1. The monoisotopic (exact) mass is 205 g/mol. The Morgan fingerprint density at radius 2 is 2.27 bits per heavy atom. The molecule has 0 fully saturated rings. The molecule has 0 spiro atoms. The number of nitro benzene ring substituents is 1. The average Bonchev–Trinajstić information content (AvgIpc) is 2.27. The number of benzene rings is 1.